The first kappa shape index (κ1) is 31.6. The Bertz CT molecular complexity index is 2490. The summed E-state index contributed by atoms with van der Waals surface area (Å²) in [5.41, 5.74) is 12.9. The Morgan fingerprint density at radius 1 is 0.458 bits per heavy atom. The number of hydrogen-bond donors (Lipinski definition) is 0. The molecular formula is C45H39NS2. The molecule has 0 aliphatic heterocycles. The quantitative estimate of drug-likeness (QED) is 0.178. The van der Waals surface area contributed by atoms with Crippen LogP contribution in [0.4, 0.5) is 0 Å². The highest BCUT2D eigenvalue weighted by Gasteiger charge is 2.15. The Morgan fingerprint density at radius 2 is 1.06 bits per heavy atom. The number of para-hydroxylation sites is 1. The van der Waals surface area contributed by atoms with Gasteiger partial charge in [0, 0.05) is 36.6 Å². The van der Waals surface area contributed by atoms with Crippen molar-refractivity contribution in [3.05, 3.63) is 161 Å². The lowest BCUT2D eigenvalue weighted by atomic mass is 9.94. The molecule has 0 atom stereocenters. The number of benzene rings is 6. The van der Waals surface area contributed by atoms with E-state index in [0.717, 1.165) is 0 Å². The van der Waals surface area contributed by atoms with E-state index in [1.165, 1.54) is 86.6 Å². The first-order valence-corrected chi connectivity index (χ1v) is 18.4. The molecule has 48 heavy (non-hydrogen) atoms. The maximum atomic E-state index is 2.39. The molecule has 3 aromatic heterocycles. The molecule has 0 bridgehead atoms. The smallest absolute Gasteiger partial charge is 0.0548 e. The number of aromatic nitrogens is 1. The van der Waals surface area contributed by atoms with Gasteiger partial charge in [-0.2, -0.15) is 0 Å². The minimum Gasteiger partial charge on any atom is -0.309 e. The zero-order chi connectivity index (χ0) is 33.2. The van der Waals surface area contributed by atoms with E-state index < -0.39 is 0 Å². The predicted octanol–water partition coefficient (Wildman–Crippen LogP) is 14.2. The zero-order valence-corrected chi connectivity index (χ0v) is 29.8. The van der Waals surface area contributed by atoms with Crippen molar-refractivity contribution in [3.63, 3.8) is 0 Å². The van der Waals surface area contributed by atoms with Gasteiger partial charge in [-0.1, -0.05) is 104 Å². The summed E-state index contributed by atoms with van der Waals surface area (Å²) < 4.78 is 5.10. The Morgan fingerprint density at radius 3 is 1.79 bits per heavy atom. The molecule has 0 saturated carbocycles. The summed E-state index contributed by atoms with van der Waals surface area (Å²) in [7, 11) is 0. The van der Waals surface area contributed by atoms with Crippen LogP contribution in [-0.4, -0.2) is 4.57 Å². The number of aryl methyl sites for hydroxylation is 3. The van der Waals surface area contributed by atoms with Crippen LogP contribution in [0, 0.1) is 20.8 Å². The van der Waals surface area contributed by atoms with Crippen LogP contribution >= 0.6 is 22.7 Å². The molecule has 0 fully saturated rings. The van der Waals surface area contributed by atoms with Crippen LogP contribution in [0.2, 0.25) is 0 Å². The van der Waals surface area contributed by atoms with Crippen molar-refractivity contribution in [2.45, 2.75) is 34.6 Å². The second-order valence-corrected chi connectivity index (χ2v) is 13.9. The molecule has 0 unspecified atom stereocenters. The largest absolute Gasteiger partial charge is 0.309 e. The Kier molecular flexibility index (Phi) is 8.99. The average molecular weight is 658 g/mol. The van der Waals surface area contributed by atoms with Gasteiger partial charge in [0.25, 0.3) is 0 Å². The summed E-state index contributed by atoms with van der Waals surface area (Å²) in [5.74, 6) is 0. The fraction of sp³-hybridized carbons (Fsp3) is 0.111. The minimum atomic E-state index is 1.20. The lowest BCUT2D eigenvalue weighted by molar-refractivity contribution is 1.18. The van der Waals surface area contributed by atoms with Gasteiger partial charge in [0.05, 0.1) is 11.0 Å². The van der Waals surface area contributed by atoms with E-state index in [1.54, 1.807) is 0 Å². The molecule has 0 aliphatic carbocycles. The van der Waals surface area contributed by atoms with Gasteiger partial charge in [0.2, 0.25) is 0 Å². The Labute approximate surface area is 291 Å². The third-order valence-electron chi connectivity index (χ3n) is 9.04. The highest BCUT2D eigenvalue weighted by Crippen LogP contribution is 2.39. The number of nitrogens with zero attached hydrogens (tertiary/aromatic N) is 1. The molecule has 0 spiro atoms. The third kappa shape index (κ3) is 5.74. The van der Waals surface area contributed by atoms with Gasteiger partial charge in [0.1, 0.15) is 0 Å². The zero-order valence-electron chi connectivity index (χ0n) is 28.1. The van der Waals surface area contributed by atoms with Crippen molar-refractivity contribution in [2.24, 2.45) is 0 Å². The summed E-state index contributed by atoms with van der Waals surface area (Å²) >= 11 is 3.62. The summed E-state index contributed by atoms with van der Waals surface area (Å²) in [5, 5.41) is 9.75. The minimum absolute atomic E-state index is 1.20. The molecule has 0 radical (unpaired) electrons. The fourth-order valence-corrected chi connectivity index (χ4v) is 8.29. The van der Waals surface area contributed by atoms with Gasteiger partial charge < -0.3 is 4.57 Å². The molecule has 6 aromatic carbocycles. The summed E-state index contributed by atoms with van der Waals surface area (Å²) in [4.78, 5) is 0. The lowest BCUT2D eigenvalue weighted by Gasteiger charge is -2.10. The fourth-order valence-electron chi connectivity index (χ4n) is 6.70. The van der Waals surface area contributed by atoms with Crippen molar-refractivity contribution in [2.75, 3.05) is 0 Å². The normalized spacial score (nSPS) is 11.0. The number of fused-ring (bicyclic) bond motifs is 6. The highest BCUT2D eigenvalue weighted by molar-refractivity contribution is 7.17. The molecule has 0 saturated heterocycles. The van der Waals surface area contributed by atoms with Crippen molar-refractivity contribution in [3.8, 4) is 27.9 Å². The molecule has 0 aliphatic rings. The van der Waals surface area contributed by atoms with E-state index in [1.807, 2.05) is 36.5 Å². The van der Waals surface area contributed by atoms with Gasteiger partial charge in [0.15, 0.2) is 0 Å². The molecule has 3 heteroatoms. The van der Waals surface area contributed by atoms with Crippen LogP contribution in [0.5, 0.6) is 0 Å². The van der Waals surface area contributed by atoms with Crippen LogP contribution in [0.15, 0.2) is 144 Å². The van der Waals surface area contributed by atoms with Crippen LogP contribution in [0.25, 0.3) is 69.9 Å². The van der Waals surface area contributed by atoms with Gasteiger partial charge in [-0.3, -0.25) is 0 Å². The van der Waals surface area contributed by atoms with Crippen molar-refractivity contribution >= 4 is 64.7 Å². The highest BCUT2D eigenvalue weighted by atomic mass is 32.1. The van der Waals surface area contributed by atoms with E-state index in [9.17, 15) is 0 Å². The van der Waals surface area contributed by atoms with E-state index in [4.69, 9.17) is 0 Å². The first-order chi connectivity index (χ1) is 23.6. The summed E-state index contributed by atoms with van der Waals surface area (Å²) in [6.45, 7) is 10.5. The van der Waals surface area contributed by atoms with Crippen molar-refractivity contribution < 1.29 is 0 Å². The van der Waals surface area contributed by atoms with E-state index in [-0.39, 0.29) is 0 Å². The number of rotatable bonds is 3. The third-order valence-corrected chi connectivity index (χ3v) is 10.8. The number of hydrogen-bond acceptors (Lipinski definition) is 2. The van der Waals surface area contributed by atoms with E-state index >= 15 is 0 Å². The van der Waals surface area contributed by atoms with Gasteiger partial charge >= 0.3 is 0 Å². The molecule has 0 amide bonds. The van der Waals surface area contributed by atoms with Crippen molar-refractivity contribution in [1.82, 2.24) is 4.57 Å². The SMILES string of the molecule is CC.Cc1ccc(-c2ccc(-n3c4ccccc4c4c5ccsc5ccc43)cc2)cc1.Cc1ccccc1-c1c(C)ccc2sccc12. The van der Waals surface area contributed by atoms with Crippen LogP contribution < -0.4 is 0 Å². The summed E-state index contributed by atoms with van der Waals surface area (Å²) in [6.07, 6.45) is 0. The van der Waals surface area contributed by atoms with Crippen LogP contribution in [-0.2, 0) is 0 Å². The molecule has 1 nitrogen and oxygen atoms in total. The predicted molar refractivity (Wildman–Crippen MR) is 214 cm³/mol. The second kappa shape index (κ2) is 13.6. The molecule has 0 N–H and O–H groups in total. The molecule has 3 heterocycles. The average Bonchev–Trinajstić information content (AvgIpc) is 3.88. The van der Waals surface area contributed by atoms with Crippen molar-refractivity contribution in [1.29, 1.82) is 0 Å². The van der Waals surface area contributed by atoms with Gasteiger partial charge in [-0.25, -0.2) is 0 Å². The molecule has 9 aromatic rings. The Balaban J connectivity index is 0.000000164. The Hall–Kier alpha value is -4.96. The number of thiophene rings is 2. The molecule has 9 rings (SSSR count). The lowest BCUT2D eigenvalue weighted by Crippen LogP contribution is -1.93. The molecular weight excluding hydrogens is 619 g/mol. The maximum Gasteiger partial charge on any atom is 0.0548 e. The van der Waals surface area contributed by atoms with Crippen LogP contribution in [0.1, 0.15) is 30.5 Å². The summed E-state index contributed by atoms with van der Waals surface area (Å²) in [6, 6.07) is 48.4. The monoisotopic (exact) mass is 657 g/mol. The maximum absolute atomic E-state index is 2.39. The van der Waals surface area contributed by atoms with Gasteiger partial charge in [-0.05, 0) is 113 Å². The van der Waals surface area contributed by atoms with Gasteiger partial charge in [-0.15, -0.1) is 22.7 Å². The van der Waals surface area contributed by atoms with E-state index in [0.29, 0.717) is 0 Å². The molecule has 236 valence electrons. The van der Waals surface area contributed by atoms with E-state index in [2.05, 4.69) is 170 Å². The first-order valence-electron chi connectivity index (χ1n) is 16.7. The second-order valence-electron chi connectivity index (χ2n) is 12.0. The topological polar surface area (TPSA) is 4.93 Å². The standard InChI is InChI=1S/C27H19NS.C16H14S.C2H6/c1-18-6-8-19(9-7-18)20-10-12-21(13-11-20)28-24-5-3-2-4-22(24)27-23-16-17-29-26(23)15-14-25(27)28;1-11-5-3-4-6-13(11)16-12(2)7-8-15-14(16)9-10-17-15;1-2/h2-17H,1H3;3-10H,1-2H3;1-2H3. The van der Waals surface area contributed by atoms with Crippen LogP contribution in [0.3, 0.4) is 0 Å².